The Morgan fingerprint density at radius 2 is 1.73 bits per heavy atom. The molecule has 0 saturated carbocycles. The monoisotopic (exact) mass is 444 g/mol. The number of ether oxygens (including phenoxy) is 2. The average molecular weight is 445 g/mol. The van der Waals surface area contributed by atoms with Gasteiger partial charge in [-0.1, -0.05) is 30.3 Å². The Balaban J connectivity index is 1.31. The van der Waals surface area contributed by atoms with Crippen LogP contribution in [0.1, 0.15) is 27.9 Å². The van der Waals surface area contributed by atoms with Crippen LogP contribution in [0.15, 0.2) is 54.6 Å². The number of morpholine rings is 1. The second-order valence-electron chi connectivity index (χ2n) is 8.58. The fourth-order valence-electron chi connectivity index (χ4n) is 4.66. The lowest BCUT2D eigenvalue weighted by atomic mass is 10.00. The highest BCUT2D eigenvalue weighted by Gasteiger charge is 2.21. The van der Waals surface area contributed by atoms with Gasteiger partial charge >= 0.3 is 0 Å². The number of carbonyl (C=O) groups is 2. The predicted octanol–water partition coefficient (Wildman–Crippen LogP) is 3.86. The molecule has 1 saturated heterocycles. The summed E-state index contributed by atoms with van der Waals surface area (Å²) < 4.78 is 11.4. The number of hydrogen-bond acceptors (Lipinski definition) is 5. The van der Waals surface area contributed by atoms with Crippen LogP contribution in [0.25, 0.3) is 10.8 Å². The second kappa shape index (κ2) is 9.73. The summed E-state index contributed by atoms with van der Waals surface area (Å²) >= 11 is 0. The maximum Gasteiger partial charge on any atom is 0.296 e. The number of benzene rings is 3. The minimum Gasteiger partial charge on any atom is -0.492 e. The maximum atomic E-state index is 13.1. The maximum absolute atomic E-state index is 13.1. The van der Waals surface area contributed by atoms with E-state index in [0.717, 1.165) is 68.6 Å². The topological polar surface area (TPSA) is 67.9 Å². The highest BCUT2D eigenvalue weighted by Crippen LogP contribution is 2.30. The quantitative estimate of drug-likeness (QED) is 0.443. The SMILES string of the molecule is O=C(Nc1ccc2c(c1)CCC2)C(=O)c1ccc(OCCN2CCOCC2)c2ccccc12. The molecule has 1 heterocycles. The van der Waals surface area contributed by atoms with Gasteiger partial charge in [-0.15, -0.1) is 0 Å². The van der Waals surface area contributed by atoms with Crippen molar-refractivity contribution < 1.29 is 19.1 Å². The van der Waals surface area contributed by atoms with Gasteiger partial charge in [0.15, 0.2) is 0 Å². The molecule has 0 aromatic heterocycles. The number of nitrogens with one attached hydrogen (secondary N) is 1. The van der Waals surface area contributed by atoms with Crippen LogP contribution in [0.3, 0.4) is 0 Å². The molecule has 0 atom stereocenters. The van der Waals surface area contributed by atoms with Gasteiger partial charge in [-0.05, 0) is 60.0 Å². The number of fused-ring (bicyclic) bond motifs is 2. The molecular weight excluding hydrogens is 416 g/mol. The first-order valence-electron chi connectivity index (χ1n) is 11.6. The van der Waals surface area contributed by atoms with E-state index in [1.165, 1.54) is 11.1 Å². The third-order valence-corrected chi connectivity index (χ3v) is 6.46. The molecule has 2 aliphatic rings. The number of rotatable bonds is 7. The summed E-state index contributed by atoms with van der Waals surface area (Å²) in [7, 11) is 0. The molecule has 1 fully saturated rings. The van der Waals surface area contributed by atoms with Gasteiger partial charge in [-0.2, -0.15) is 0 Å². The summed E-state index contributed by atoms with van der Waals surface area (Å²) in [4.78, 5) is 28.2. The Labute approximate surface area is 193 Å². The van der Waals surface area contributed by atoms with E-state index in [0.29, 0.717) is 17.9 Å². The molecule has 3 aromatic carbocycles. The molecule has 1 N–H and O–H groups in total. The van der Waals surface area contributed by atoms with Crippen LogP contribution >= 0.6 is 0 Å². The van der Waals surface area contributed by atoms with Crippen molar-refractivity contribution in [1.82, 2.24) is 4.90 Å². The van der Waals surface area contributed by atoms with E-state index in [1.807, 2.05) is 42.5 Å². The van der Waals surface area contributed by atoms with Gasteiger partial charge in [-0.25, -0.2) is 0 Å². The highest BCUT2D eigenvalue weighted by atomic mass is 16.5. The van der Waals surface area contributed by atoms with Crippen LogP contribution in [-0.4, -0.2) is 56.0 Å². The third-order valence-electron chi connectivity index (χ3n) is 6.46. The molecular formula is C27H28N2O4. The van der Waals surface area contributed by atoms with Crippen molar-refractivity contribution in [3.05, 3.63) is 71.3 Å². The van der Waals surface area contributed by atoms with Gasteiger partial charge in [0.1, 0.15) is 12.4 Å². The summed E-state index contributed by atoms with van der Waals surface area (Å²) in [6.45, 7) is 4.71. The number of carbonyl (C=O) groups excluding carboxylic acids is 2. The van der Waals surface area contributed by atoms with E-state index < -0.39 is 11.7 Å². The summed E-state index contributed by atoms with van der Waals surface area (Å²) in [5, 5.41) is 4.33. The van der Waals surface area contributed by atoms with Crippen molar-refractivity contribution in [3.8, 4) is 5.75 Å². The zero-order chi connectivity index (χ0) is 22.6. The molecule has 1 aliphatic heterocycles. The summed E-state index contributed by atoms with van der Waals surface area (Å²) in [5.74, 6) is -0.458. The molecule has 0 bridgehead atoms. The number of amides is 1. The van der Waals surface area contributed by atoms with Gasteiger partial charge in [-0.3, -0.25) is 14.5 Å². The number of anilines is 1. The van der Waals surface area contributed by atoms with Crippen LogP contribution in [-0.2, 0) is 22.4 Å². The van der Waals surface area contributed by atoms with Gasteiger partial charge in [0.05, 0.1) is 13.2 Å². The van der Waals surface area contributed by atoms with Crippen LogP contribution in [0.5, 0.6) is 5.75 Å². The third kappa shape index (κ3) is 4.77. The molecule has 6 nitrogen and oxygen atoms in total. The van der Waals surface area contributed by atoms with Crippen molar-refractivity contribution in [3.63, 3.8) is 0 Å². The number of hydrogen-bond donors (Lipinski definition) is 1. The molecule has 33 heavy (non-hydrogen) atoms. The molecule has 0 spiro atoms. The molecule has 170 valence electrons. The minimum atomic E-state index is -0.626. The van der Waals surface area contributed by atoms with Gasteiger partial charge < -0.3 is 14.8 Å². The lowest BCUT2D eigenvalue weighted by Gasteiger charge is -2.26. The van der Waals surface area contributed by atoms with E-state index in [2.05, 4.69) is 10.2 Å². The van der Waals surface area contributed by atoms with Crippen LogP contribution in [0.4, 0.5) is 5.69 Å². The normalized spacial score (nSPS) is 15.9. The lowest BCUT2D eigenvalue weighted by molar-refractivity contribution is -0.112. The first-order valence-corrected chi connectivity index (χ1v) is 11.6. The Kier molecular flexibility index (Phi) is 6.37. The summed E-state index contributed by atoms with van der Waals surface area (Å²) in [6, 6.07) is 16.9. The Morgan fingerprint density at radius 3 is 2.58 bits per heavy atom. The molecule has 1 aliphatic carbocycles. The Hall–Kier alpha value is -3.22. The Bertz CT molecular complexity index is 1180. The smallest absolute Gasteiger partial charge is 0.296 e. The summed E-state index contributed by atoms with van der Waals surface area (Å²) in [5.41, 5.74) is 3.63. The van der Waals surface area contributed by atoms with E-state index in [4.69, 9.17) is 9.47 Å². The molecule has 0 unspecified atom stereocenters. The average Bonchev–Trinajstić information content (AvgIpc) is 3.32. The van der Waals surface area contributed by atoms with E-state index >= 15 is 0 Å². The largest absolute Gasteiger partial charge is 0.492 e. The summed E-state index contributed by atoms with van der Waals surface area (Å²) in [6.07, 6.45) is 3.23. The zero-order valence-corrected chi connectivity index (χ0v) is 18.6. The fourth-order valence-corrected chi connectivity index (χ4v) is 4.66. The molecule has 1 amide bonds. The van der Waals surface area contributed by atoms with Crippen molar-refractivity contribution in [1.29, 1.82) is 0 Å². The van der Waals surface area contributed by atoms with E-state index in [9.17, 15) is 9.59 Å². The van der Waals surface area contributed by atoms with Crippen LogP contribution < -0.4 is 10.1 Å². The van der Waals surface area contributed by atoms with Crippen molar-refractivity contribution in [2.75, 3.05) is 44.8 Å². The second-order valence-corrected chi connectivity index (χ2v) is 8.58. The first-order chi connectivity index (χ1) is 16.2. The van der Waals surface area contributed by atoms with Crippen molar-refractivity contribution in [2.24, 2.45) is 0 Å². The molecule has 6 heteroatoms. The number of nitrogens with zero attached hydrogens (tertiary/aromatic N) is 1. The predicted molar refractivity (Wildman–Crippen MR) is 128 cm³/mol. The minimum absolute atomic E-state index is 0.379. The van der Waals surface area contributed by atoms with Gasteiger partial charge in [0.25, 0.3) is 11.7 Å². The molecule has 5 rings (SSSR count). The van der Waals surface area contributed by atoms with E-state index in [1.54, 1.807) is 12.1 Å². The van der Waals surface area contributed by atoms with Gasteiger partial charge in [0.2, 0.25) is 0 Å². The molecule has 3 aromatic rings. The number of aryl methyl sites for hydroxylation is 2. The number of Topliss-reactive ketones (excluding diaryl/α,β-unsaturated/α-hetero) is 1. The standard InChI is InChI=1S/C27H28N2O4/c30-26(27(31)28-21-9-8-19-4-3-5-20(19)18-21)24-10-11-25(23-7-2-1-6-22(23)24)33-17-14-29-12-15-32-16-13-29/h1-2,6-11,18H,3-5,12-17H2,(H,28,31). The van der Waals surface area contributed by atoms with Crippen molar-refractivity contribution in [2.45, 2.75) is 19.3 Å². The van der Waals surface area contributed by atoms with E-state index in [-0.39, 0.29) is 0 Å². The van der Waals surface area contributed by atoms with Crippen LogP contribution in [0, 0.1) is 0 Å². The lowest BCUT2D eigenvalue weighted by Crippen LogP contribution is -2.38. The van der Waals surface area contributed by atoms with Crippen LogP contribution in [0.2, 0.25) is 0 Å². The Morgan fingerprint density at radius 1 is 0.939 bits per heavy atom. The molecule has 0 radical (unpaired) electrons. The first kappa shape index (κ1) is 21.6. The van der Waals surface area contributed by atoms with Gasteiger partial charge in [0, 0.05) is 36.3 Å². The fraction of sp³-hybridized carbons (Fsp3) is 0.333. The van der Waals surface area contributed by atoms with Crippen molar-refractivity contribution >= 4 is 28.2 Å². The zero-order valence-electron chi connectivity index (χ0n) is 18.6. The number of ketones is 1. The highest BCUT2D eigenvalue weighted by molar-refractivity contribution is 6.48.